The lowest BCUT2D eigenvalue weighted by molar-refractivity contribution is -0.140. The van der Waals surface area contributed by atoms with Crippen LogP contribution < -0.4 is 9.62 Å². The number of carbonyl (C=O) groups excluding carboxylic acids is 2. The zero-order valence-corrected chi connectivity index (χ0v) is 24.2. The van der Waals surface area contributed by atoms with Gasteiger partial charge in [-0.15, -0.1) is 0 Å². The first-order valence-electron chi connectivity index (χ1n) is 13.3. The molecule has 1 atom stereocenters. The number of rotatable bonds is 11. The van der Waals surface area contributed by atoms with Crippen LogP contribution in [0.2, 0.25) is 5.02 Å². The third-order valence-corrected chi connectivity index (χ3v) is 8.49. The highest BCUT2D eigenvalue weighted by atomic mass is 35.5. The molecular formula is C28H35ClF3N3O4S. The van der Waals surface area contributed by atoms with Crippen LogP contribution in [0.4, 0.5) is 18.9 Å². The van der Waals surface area contributed by atoms with Gasteiger partial charge in [0.05, 0.1) is 22.5 Å². The van der Waals surface area contributed by atoms with E-state index in [0.717, 1.165) is 56.1 Å². The van der Waals surface area contributed by atoms with E-state index in [-0.39, 0.29) is 29.9 Å². The highest BCUT2D eigenvalue weighted by molar-refractivity contribution is 7.92. The molecule has 2 aromatic carbocycles. The molecule has 2 aromatic rings. The number of amides is 2. The van der Waals surface area contributed by atoms with Gasteiger partial charge >= 0.3 is 6.18 Å². The molecule has 0 unspecified atom stereocenters. The molecule has 3 rings (SSSR count). The Labute approximate surface area is 238 Å². The molecule has 2 amide bonds. The number of hydrogen-bond donors (Lipinski definition) is 1. The first-order valence-corrected chi connectivity index (χ1v) is 15.5. The van der Waals surface area contributed by atoms with Gasteiger partial charge in [-0.25, -0.2) is 8.42 Å². The maximum atomic E-state index is 13.8. The van der Waals surface area contributed by atoms with Gasteiger partial charge in [0, 0.05) is 12.6 Å². The van der Waals surface area contributed by atoms with Crippen molar-refractivity contribution in [3.05, 3.63) is 64.7 Å². The lowest BCUT2D eigenvalue weighted by atomic mass is 9.95. The van der Waals surface area contributed by atoms with E-state index in [2.05, 4.69) is 5.32 Å². The number of carbonyl (C=O) groups is 2. The van der Waals surface area contributed by atoms with Crippen LogP contribution in [0, 0.1) is 0 Å². The number of hydrogen-bond acceptors (Lipinski definition) is 4. The van der Waals surface area contributed by atoms with Gasteiger partial charge in [0.2, 0.25) is 21.8 Å². The fourth-order valence-corrected chi connectivity index (χ4v) is 6.04. The molecule has 1 aliphatic carbocycles. The average Bonchev–Trinajstić information content (AvgIpc) is 2.89. The van der Waals surface area contributed by atoms with Crippen LogP contribution in [-0.4, -0.2) is 56.6 Å². The van der Waals surface area contributed by atoms with E-state index in [1.807, 2.05) is 30.3 Å². The molecule has 1 fully saturated rings. The molecule has 40 heavy (non-hydrogen) atoms. The largest absolute Gasteiger partial charge is 0.416 e. The summed E-state index contributed by atoms with van der Waals surface area (Å²) >= 11 is 6.14. The van der Waals surface area contributed by atoms with Crippen molar-refractivity contribution in [3.63, 3.8) is 0 Å². The van der Waals surface area contributed by atoms with Gasteiger partial charge in [-0.2, -0.15) is 13.2 Å². The molecule has 12 heteroatoms. The van der Waals surface area contributed by atoms with Crippen LogP contribution in [0.1, 0.15) is 56.6 Å². The van der Waals surface area contributed by atoms with Gasteiger partial charge < -0.3 is 10.2 Å². The quantitative estimate of drug-likeness (QED) is 0.372. The van der Waals surface area contributed by atoms with E-state index in [1.165, 1.54) is 4.90 Å². The third-order valence-electron chi connectivity index (χ3n) is 7.04. The normalized spacial score (nSPS) is 15.3. The van der Waals surface area contributed by atoms with E-state index in [0.29, 0.717) is 16.8 Å². The van der Waals surface area contributed by atoms with Crippen LogP contribution in [0.25, 0.3) is 0 Å². The van der Waals surface area contributed by atoms with Crippen molar-refractivity contribution in [1.82, 2.24) is 10.2 Å². The number of nitrogens with zero attached hydrogens (tertiary/aromatic N) is 2. The van der Waals surface area contributed by atoms with E-state index >= 15 is 0 Å². The number of nitrogens with one attached hydrogen (secondary N) is 1. The summed E-state index contributed by atoms with van der Waals surface area (Å²) in [4.78, 5) is 28.5. The SMILES string of the molecule is CC[C@H](C(=O)NC1CCCCC1)N(CCc1ccccc1)C(=O)CN(c1cc(C(F)(F)F)ccc1Cl)S(C)(=O)=O. The Kier molecular flexibility index (Phi) is 10.9. The third kappa shape index (κ3) is 8.60. The Morgan fingerprint density at radius 2 is 1.73 bits per heavy atom. The summed E-state index contributed by atoms with van der Waals surface area (Å²) < 4.78 is 66.3. The average molecular weight is 602 g/mol. The summed E-state index contributed by atoms with van der Waals surface area (Å²) in [7, 11) is -4.24. The molecule has 0 saturated heterocycles. The van der Waals surface area contributed by atoms with E-state index in [9.17, 15) is 31.2 Å². The van der Waals surface area contributed by atoms with Crippen LogP contribution in [-0.2, 0) is 32.2 Å². The summed E-state index contributed by atoms with van der Waals surface area (Å²) in [6.45, 7) is 1.04. The molecule has 0 spiro atoms. The summed E-state index contributed by atoms with van der Waals surface area (Å²) in [5.41, 5.74) is -0.661. The lowest BCUT2D eigenvalue weighted by Gasteiger charge is -2.34. The monoisotopic (exact) mass is 601 g/mol. The minimum atomic E-state index is -4.75. The summed E-state index contributed by atoms with van der Waals surface area (Å²) in [5.74, 6) is -1.06. The topological polar surface area (TPSA) is 86.8 Å². The van der Waals surface area contributed by atoms with Gasteiger partial charge in [0.25, 0.3) is 0 Å². The van der Waals surface area contributed by atoms with E-state index in [4.69, 9.17) is 11.6 Å². The minimum Gasteiger partial charge on any atom is -0.352 e. The Bertz CT molecular complexity index is 1270. The van der Waals surface area contributed by atoms with E-state index < -0.39 is 45.9 Å². The zero-order chi connectivity index (χ0) is 29.5. The first-order chi connectivity index (χ1) is 18.8. The maximum absolute atomic E-state index is 13.8. The molecule has 1 aliphatic rings. The summed E-state index contributed by atoms with van der Waals surface area (Å²) in [5, 5.41) is 2.78. The fraction of sp³-hybridized carbons (Fsp3) is 0.500. The van der Waals surface area contributed by atoms with Crippen LogP contribution in [0.15, 0.2) is 48.5 Å². The van der Waals surface area contributed by atoms with Crippen molar-refractivity contribution in [2.75, 3.05) is 23.7 Å². The predicted molar refractivity (Wildman–Crippen MR) is 150 cm³/mol. The Hall–Kier alpha value is -2.79. The van der Waals surface area contributed by atoms with Gasteiger partial charge in [0.1, 0.15) is 12.6 Å². The molecule has 1 saturated carbocycles. The molecule has 0 aromatic heterocycles. The summed E-state index contributed by atoms with van der Waals surface area (Å²) in [6.07, 6.45) is 1.48. The van der Waals surface area contributed by atoms with Crippen LogP contribution in [0.3, 0.4) is 0 Å². The zero-order valence-electron chi connectivity index (χ0n) is 22.6. The van der Waals surface area contributed by atoms with Crippen LogP contribution in [0.5, 0.6) is 0 Å². The number of alkyl halides is 3. The highest BCUT2D eigenvalue weighted by Crippen LogP contribution is 2.36. The van der Waals surface area contributed by atoms with Crippen LogP contribution >= 0.6 is 11.6 Å². The number of sulfonamides is 1. The standard InChI is InChI=1S/C28H35ClF3N3O4S/c1-3-24(27(37)33-22-12-8-5-9-13-22)34(17-16-20-10-6-4-7-11-20)26(36)19-35(40(2,38)39)25-18-21(28(30,31)32)14-15-23(25)29/h4,6-7,10-11,14-15,18,22,24H,3,5,8-9,12-13,16-17,19H2,1-2H3,(H,33,37)/t24-/m1/s1. The maximum Gasteiger partial charge on any atom is 0.416 e. The van der Waals surface area contributed by atoms with Crippen molar-refractivity contribution in [3.8, 4) is 0 Å². The second-order valence-electron chi connectivity index (χ2n) is 10.0. The molecule has 0 heterocycles. The highest BCUT2D eigenvalue weighted by Gasteiger charge is 2.35. The van der Waals surface area contributed by atoms with Gasteiger partial charge in [-0.1, -0.05) is 68.1 Å². The molecular weight excluding hydrogens is 567 g/mol. The van der Waals surface area contributed by atoms with Crippen molar-refractivity contribution in [2.45, 2.75) is 70.1 Å². The van der Waals surface area contributed by atoms with E-state index in [1.54, 1.807) is 6.92 Å². The van der Waals surface area contributed by atoms with Crippen molar-refractivity contribution in [2.24, 2.45) is 0 Å². The van der Waals surface area contributed by atoms with Crippen molar-refractivity contribution in [1.29, 1.82) is 0 Å². The van der Waals surface area contributed by atoms with Gasteiger partial charge in [-0.3, -0.25) is 13.9 Å². The second-order valence-corrected chi connectivity index (χ2v) is 12.3. The molecule has 0 aliphatic heterocycles. The Morgan fingerprint density at radius 3 is 2.30 bits per heavy atom. The Morgan fingerprint density at radius 1 is 1.07 bits per heavy atom. The number of anilines is 1. The van der Waals surface area contributed by atoms with Crippen molar-refractivity contribution < 1.29 is 31.2 Å². The molecule has 0 radical (unpaired) electrons. The number of benzene rings is 2. The minimum absolute atomic E-state index is 0.00203. The predicted octanol–water partition coefficient (Wildman–Crippen LogP) is 5.42. The molecule has 220 valence electrons. The van der Waals surface area contributed by atoms with Gasteiger partial charge in [0.15, 0.2) is 0 Å². The molecule has 1 N–H and O–H groups in total. The fourth-order valence-electron chi connectivity index (χ4n) is 4.92. The summed E-state index contributed by atoms with van der Waals surface area (Å²) in [6, 6.07) is 10.7. The van der Waals surface area contributed by atoms with Gasteiger partial charge in [-0.05, 0) is 49.4 Å². The smallest absolute Gasteiger partial charge is 0.352 e. The number of halogens is 4. The molecule has 7 nitrogen and oxygen atoms in total. The second kappa shape index (κ2) is 13.7. The molecule has 0 bridgehead atoms. The lowest BCUT2D eigenvalue weighted by Crippen LogP contribution is -2.54. The first kappa shape index (κ1) is 31.7. The Balaban J connectivity index is 1.93. The van der Waals surface area contributed by atoms with Crippen molar-refractivity contribution >= 4 is 39.1 Å².